The van der Waals surface area contributed by atoms with E-state index < -0.39 is 0 Å². The van der Waals surface area contributed by atoms with E-state index in [0.717, 1.165) is 44.6 Å². The standard InChI is InChI=1S/C18H27N3O3/c1-20(2)17(22)14-23-16-11-18(24-13-16)6-9-21(10-7-18)12-15-5-3-4-8-19-15/h3-5,8,16H,6-7,9-14H2,1-2H3/t16-/m0/s1. The predicted molar refractivity (Wildman–Crippen MR) is 90.5 cm³/mol. The lowest BCUT2D eigenvalue weighted by Crippen LogP contribution is -2.44. The summed E-state index contributed by atoms with van der Waals surface area (Å²) < 4.78 is 11.8. The average Bonchev–Trinajstić information content (AvgIpc) is 2.99. The van der Waals surface area contributed by atoms with Crippen LogP contribution in [0.5, 0.6) is 0 Å². The van der Waals surface area contributed by atoms with Gasteiger partial charge in [0, 0.05) is 46.3 Å². The van der Waals surface area contributed by atoms with Crippen LogP contribution in [-0.4, -0.2) is 72.8 Å². The molecule has 1 atom stereocenters. The first-order valence-corrected chi connectivity index (χ1v) is 8.64. The molecule has 0 saturated carbocycles. The lowest BCUT2D eigenvalue weighted by Gasteiger charge is -2.38. The van der Waals surface area contributed by atoms with E-state index in [1.807, 2.05) is 18.3 Å². The SMILES string of the molecule is CN(C)C(=O)CO[C@@H]1COC2(CCN(Cc3ccccn3)CC2)C1. The molecular formula is C18H27N3O3. The van der Waals surface area contributed by atoms with Crippen LogP contribution in [0.3, 0.4) is 0 Å². The van der Waals surface area contributed by atoms with Crippen molar-refractivity contribution in [1.82, 2.24) is 14.8 Å². The summed E-state index contributed by atoms with van der Waals surface area (Å²) in [5.41, 5.74) is 1.05. The first kappa shape index (κ1) is 17.3. The maximum Gasteiger partial charge on any atom is 0.248 e. The molecule has 0 bridgehead atoms. The highest BCUT2D eigenvalue weighted by Gasteiger charge is 2.43. The Bertz CT molecular complexity index is 542. The van der Waals surface area contributed by atoms with Gasteiger partial charge in [0.15, 0.2) is 0 Å². The van der Waals surface area contributed by atoms with Crippen LogP contribution in [-0.2, 0) is 20.8 Å². The second-order valence-electron chi connectivity index (χ2n) is 7.02. The summed E-state index contributed by atoms with van der Waals surface area (Å²) in [4.78, 5) is 20.0. The van der Waals surface area contributed by atoms with Gasteiger partial charge in [-0.1, -0.05) is 6.07 Å². The Morgan fingerprint density at radius 1 is 1.42 bits per heavy atom. The Morgan fingerprint density at radius 2 is 2.21 bits per heavy atom. The largest absolute Gasteiger partial charge is 0.372 e. The maximum atomic E-state index is 11.6. The molecule has 3 heterocycles. The van der Waals surface area contributed by atoms with Crippen molar-refractivity contribution in [3.05, 3.63) is 30.1 Å². The summed E-state index contributed by atoms with van der Waals surface area (Å²) in [5.74, 6) is 0.00105. The third kappa shape index (κ3) is 4.32. The lowest BCUT2D eigenvalue weighted by molar-refractivity contribution is -0.135. The fourth-order valence-electron chi connectivity index (χ4n) is 3.42. The molecule has 0 aromatic carbocycles. The molecule has 2 fully saturated rings. The second kappa shape index (κ2) is 7.59. The van der Waals surface area contributed by atoms with E-state index in [1.54, 1.807) is 19.0 Å². The van der Waals surface area contributed by atoms with Crippen LogP contribution in [0.25, 0.3) is 0 Å². The molecular weight excluding hydrogens is 306 g/mol. The molecule has 0 aliphatic carbocycles. The van der Waals surface area contributed by atoms with Crippen molar-refractivity contribution in [2.45, 2.75) is 37.5 Å². The number of carbonyl (C=O) groups is 1. The first-order valence-electron chi connectivity index (χ1n) is 8.64. The molecule has 1 spiro atoms. The van der Waals surface area contributed by atoms with E-state index in [-0.39, 0.29) is 24.2 Å². The summed E-state index contributed by atoms with van der Waals surface area (Å²) in [5, 5.41) is 0. The molecule has 3 rings (SSSR count). The molecule has 1 aromatic rings. The molecule has 6 nitrogen and oxygen atoms in total. The Hall–Kier alpha value is -1.50. The zero-order chi connectivity index (χ0) is 17.0. The number of carbonyl (C=O) groups excluding carboxylic acids is 1. The van der Waals surface area contributed by atoms with Crippen LogP contribution in [0, 0.1) is 0 Å². The Morgan fingerprint density at radius 3 is 2.88 bits per heavy atom. The van der Waals surface area contributed by atoms with Crippen LogP contribution in [0.1, 0.15) is 25.0 Å². The lowest BCUT2D eigenvalue weighted by atomic mass is 9.88. The molecule has 0 N–H and O–H groups in total. The smallest absolute Gasteiger partial charge is 0.248 e. The second-order valence-corrected chi connectivity index (χ2v) is 7.02. The molecule has 0 unspecified atom stereocenters. The van der Waals surface area contributed by atoms with Gasteiger partial charge in [-0.15, -0.1) is 0 Å². The van der Waals surface area contributed by atoms with Crippen molar-refractivity contribution in [1.29, 1.82) is 0 Å². The summed E-state index contributed by atoms with van der Waals surface area (Å²) in [6.07, 6.45) is 4.81. The summed E-state index contributed by atoms with van der Waals surface area (Å²) in [6.45, 7) is 3.66. The molecule has 132 valence electrons. The summed E-state index contributed by atoms with van der Waals surface area (Å²) >= 11 is 0. The minimum absolute atomic E-state index is 0.00105. The molecule has 1 aromatic heterocycles. The summed E-state index contributed by atoms with van der Waals surface area (Å²) in [6, 6.07) is 6.05. The number of rotatable bonds is 5. The van der Waals surface area contributed by atoms with Crippen LogP contribution >= 0.6 is 0 Å². The van der Waals surface area contributed by atoms with Gasteiger partial charge in [0.25, 0.3) is 0 Å². The zero-order valence-corrected chi connectivity index (χ0v) is 14.6. The number of likely N-dealkylation sites (N-methyl/N-ethyl adjacent to an activating group) is 1. The predicted octanol–water partition coefficient (Wildman–Crippen LogP) is 1.31. The van der Waals surface area contributed by atoms with Crippen molar-refractivity contribution >= 4 is 5.91 Å². The van der Waals surface area contributed by atoms with Gasteiger partial charge in [0.2, 0.25) is 5.91 Å². The van der Waals surface area contributed by atoms with Gasteiger partial charge < -0.3 is 14.4 Å². The van der Waals surface area contributed by atoms with Crippen LogP contribution in [0.15, 0.2) is 24.4 Å². The number of pyridine rings is 1. The molecule has 2 saturated heterocycles. The number of hydrogen-bond acceptors (Lipinski definition) is 5. The van der Waals surface area contributed by atoms with E-state index >= 15 is 0 Å². The number of piperidine rings is 1. The normalized spacial score (nSPS) is 23.5. The van der Waals surface area contributed by atoms with Crippen molar-refractivity contribution in [2.75, 3.05) is 40.4 Å². The van der Waals surface area contributed by atoms with Gasteiger partial charge in [0.1, 0.15) is 6.61 Å². The highest BCUT2D eigenvalue weighted by molar-refractivity contribution is 5.76. The third-order valence-electron chi connectivity index (χ3n) is 5.00. The van der Waals surface area contributed by atoms with E-state index in [1.165, 1.54) is 0 Å². The van der Waals surface area contributed by atoms with Crippen molar-refractivity contribution < 1.29 is 14.3 Å². The van der Waals surface area contributed by atoms with E-state index in [4.69, 9.17) is 9.47 Å². The zero-order valence-electron chi connectivity index (χ0n) is 14.6. The molecule has 1 amide bonds. The number of likely N-dealkylation sites (tertiary alicyclic amines) is 1. The van der Waals surface area contributed by atoms with E-state index in [0.29, 0.717) is 6.61 Å². The molecule has 0 radical (unpaired) electrons. The highest BCUT2D eigenvalue weighted by atomic mass is 16.6. The fourth-order valence-corrected chi connectivity index (χ4v) is 3.42. The number of nitrogens with zero attached hydrogens (tertiary/aromatic N) is 3. The van der Waals surface area contributed by atoms with Crippen LogP contribution in [0.4, 0.5) is 0 Å². The van der Waals surface area contributed by atoms with Crippen molar-refractivity contribution in [2.24, 2.45) is 0 Å². The van der Waals surface area contributed by atoms with Gasteiger partial charge >= 0.3 is 0 Å². The van der Waals surface area contributed by atoms with Crippen molar-refractivity contribution in [3.8, 4) is 0 Å². The van der Waals surface area contributed by atoms with Gasteiger partial charge in [-0.05, 0) is 25.0 Å². The Balaban J connectivity index is 1.44. The minimum Gasteiger partial charge on any atom is -0.372 e. The monoisotopic (exact) mass is 333 g/mol. The molecule has 6 heteroatoms. The van der Waals surface area contributed by atoms with Gasteiger partial charge in [-0.3, -0.25) is 14.7 Å². The molecule has 2 aliphatic rings. The minimum atomic E-state index is -0.0630. The summed E-state index contributed by atoms with van der Waals surface area (Å²) in [7, 11) is 3.49. The molecule has 24 heavy (non-hydrogen) atoms. The number of ether oxygens (including phenoxy) is 2. The van der Waals surface area contributed by atoms with Gasteiger partial charge in [0.05, 0.1) is 24.0 Å². The van der Waals surface area contributed by atoms with E-state index in [9.17, 15) is 4.79 Å². The number of hydrogen-bond donors (Lipinski definition) is 0. The number of amides is 1. The quantitative estimate of drug-likeness (QED) is 0.813. The van der Waals surface area contributed by atoms with Crippen molar-refractivity contribution in [3.63, 3.8) is 0 Å². The topological polar surface area (TPSA) is 54.9 Å². The van der Waals surface area contributed by atoms with Gasteiger partial charge in [-0.25, -0.2) is 0 Å². The third-order valence-corrected chi connectivity index (χ3v) is 5.00. The average molecular weight is 333 g/mol. The number of aromatic nitrogens is 1. The van der Waals surface area contributed by atoms with Crippen LogP contribution < -0.4 is 0 Å². The van der Waals surface area contributed by atoms with Gasteiger partial charge in [-0.2, -0.15) is 0 Å². The van der Waals surface area contributed by atoms with E-state index in [2.05, 4.69) is 16.0 Å². The highest BCUT2D eigenvalue weighted by Crippen LogP contribution is 2.37. The fraction of sp³-hybridized carbons (Fsp3) is 0.667. The maximum absolute atomic E-state index is 11.6. The Labute approximate surface area is 143 Å². The molecule has 2 aliphatic heterocycles. The first-order chi connectivity index (χ1) is 11.6. The van der Waals surface area contributed by atoms with Crippen LogP contribution in [0.2, 0.25) is 0 Å². The Kier molecular flexibility index (Phi) is 5.48.